The monoisotopic (exact) mass is 1210 g/mol. The van der Waals surface area contributed by atoms with E-state index < -0.39 is 0 Å². The van der Waals surface area contributed by atoms with Crippen molar-refractivity contribution < 1.29 is 73.3 Å². The molecule has 4 atom stereocenters. The van der Waals surface area contributed by atoms with Gasteiger partial charge in [0, 0.05) is 0 Å². The number of hydrogen-bond donors (Lipinski definition) is 0. The van der Waals surface area contributed by atoms with Gasteiger partial charge in [-0.3, -0.25) is 0 Å². The van der Waals surface area contributed by atoms with Crippen LogP contribution in [0.15, 0.2) is 116 Å². The first-order valence-electron chi connectivity index (χ1n) is 28.7. The SMILES string of the molecule is CC1=C(C)C(C)C(C2(C(C)(C)C)[C-]=C3C=c4cc(C(C)(C)C)ccc4=C3C=C2)=C1C.CC1=C(C)C(C)C(C2(C(C)(C)C)[C-]=C3C=c4cc(C(C)(C)C)ccc4=C3C=C2)=C1C.[Cl-].[Cl-].[Zr]=[C]1CCCCC1.[Zr]=[C]1CCCCC1. The first-order chi connectivity index (χ1) is 34.3. The molecule has 0 radical (unpaired) electrons. The molecule has 0 nitrogen and oxygen atoms in total. The Bertz CT molecular complexity index is 2920. The van der Waals surface area contributed by atoms with E-state index >= 15 is 0 Å². The molecule has 10 rings (SSSR count). The standard InChI is InChI=1S/2C30H37.2C6H10.2ClH.2Zr/c2*1-18-19(2)21(4)27(20(18)3)30(29(8,9)10)14-13-26-23(17-30)15-22-16-24(28(5,6)7)11-12-25(22)26;2*1-2-4-6-5-3-1;;;;/h2*11-16,20H,1-10H3;2*1-5H2;2*1H;;/q2*-1;;;;;;/p-2. The summed E-state index contributed by atoms with van der Waals surface area (Å²) in [6, 6.07) is 14.0. The minimum atomic E-state index is -0.195. The topological polar surface area (TPSA) is 0 Å². The van der Waals surface area contributed by atoms with Crippen LogP contribution in [0, 0.1) is 45.6 Å². The molecule has 0 saturated heterocycles. The molecule has 0 aromatic heterocycles. The van der Waals surface area contributed by atoms with E-state index in [-0.39, 0.29) is 57.3 Å². The van der Waals surface area contributed by atoms with Crippen LogP contribution in [0.2, 0.25) is 0 Å². The Morgan fingerprint density at radius 3 is 1.01 bits per heavy atom. The second-order valence-electron chi connectivity index (χ2n) is 27.5. The maximum absolute atomic E-state index is 4.07. The van der Waals surface area contributed by atoms with Crippen molar-refractivity contribution in [2.24, 2.45) is 33.5 Å². The molecule has 2 aromatic carbocycles. The van der Waals surface area contributed by atoms with Crippen LogP contribution in [0.4, 0.5) is 0 Å². The van der Waals surface area contributed by atoms with E-state index in [0.717, 1.165) is 0 Å². The third-order valence-corrected chi connectivity index (χ3v) is 21.1. The van der Waals surface area contributed by atoms with Crippen molar-refractivity contribution >= 4 is 29.7 Å². The van der Waals surface area contributed by atoms with Gasteiger partial charge in [0.2, 0.25) is 0 Å². The quantitative estimate of drug-likeness (QED) is 0.263. The van der Waals surface area contributed by atoms with Gasteiger partial charge in [-0.15, -0.1) is 23.3 Å². The van der Waals surface area contributed by atoms with Gasteiger partial charge in [0.05, 0.1) is 0 Å². The van der Waals surface area contributed by atoms with Crippen molar-refractivity contribution in [3.63, 3.8) is 0 Å². The fourth-order valence-electron chi connectivity index (χ4n) is 13.0. The number of rotatable bonds is 2. The number of allylic oxidation sites excluding steroid dienone is 16. The van der Waals surface area contributed by atoms with E-state index in [9.17, 15) is 0 Å². The third kappa shape index (κ3) is 12.8. The Balaban J connectivity index is 0.000000218. The average Bonchev–Trinajstić information content (AvgIpc) is 3.99. The molecule has 2 aromatic rings. The Kier molecular flexibility index (Phi) is 20.9. The summed E-state index contributed by atoms with van der Waals surface area (Å²) in [5, 5.41) is 5.37. The molecule has 4 unspecified atom stereocenters. The summed E-state index contributed by atoms with van der Waals surface area (Å²) in [4.78, 5) is 0. The van der Waals surface area contributed by atoms with Crippen molar-refractivity contribution in [2.75, 3.05) is 0 Å². The molecule has 8 aliphatic rings. The van der Waals surface area contributed by atoms with Crippen LogP contribution in [0.25, 0.3) is 23.3 Å². The molecule has 76 heavy (non-hydrogen) atoms. The van der Waals surface area contributed by atoms with Crippen molar-refractivity contribution in [1.82, 2.24) is 0 Å². The molecule has 0 N–H and O–H groups in total. The Morgan fingerprint density at radius 1 is 0.461 bits per heavy atom. The van der Waals surface area contributed by atoms with Crippen LogP contribution in [0.1, 0.15) is 214 Å². The van der Waals surface area contributed by atoms with Crippen LogP contribution in [0.3, 0.4) is 0 Å². The third-order valence-electron chi connectivity index (χ3n) is 18.7. The van der Waals surface area contributed by atoms with Gasteiger partial charge in [-0.25, -0.2) is 0 Å². The van der Waals surface area contributed by atoms with Gasteiger partial charge < -0.3 is 24.8 Å². The summed E-state index contributed by atoms with van der Waals surface area (Å²) in [6.07, 6.45) is 37.2. The second kappa shape index (κ2) is 24.6. The molecule has 0 spiro atoms. The molecule has 0 bridgehead atoms. The van der Waals surface area contributed by atoms with E-state index in [2.05, 4.69) is 223 Å². The number of fused-ring (bicyclic) bond motifs is 4. The van der Waals surface area contributed by atoms with Crippen molar-refractivity contribution in [3.8, 4) is 0 Å². The van der Waals surface area contributed by atoms with Crippen LogP contribution in [0.5, 0.6) is 0 Å². The van der Waals surface area contributed by atoms with Gasteiger partial charge in [0.1, 0.15) is 0 Å². The molecule has 4 heteroatoms. The Hall–Kier alpha value is -2.07. The molecule has 2 fully saturated rings. The van der Waals surface area contributed by atoms with Gasteiger partial charge in [0.25, 0.3) is 0 Å². The van der Waals surface area contributed by atoms with Crippen molar-refractivity contribution in [1.29, 1.82) is 0 Å². The molecule has 0 amide bonds. The van der Waals surface area contributed by atoms with E-state index in [1.165, 1.54) is 163 Å². The second-order valence-corrected chi connectivity index (χ2v) is 31.0. The Morgan fingerprint density at radius 2 is 0.776 bits per heavy atom. The van der Waals surface area contributed by atoms with Crippen molar-refractivity contribution in [2.45, 2.75) is 214 Å². The van der Waals surface area contributed by atoms with Crippen LogP contribution in [-0.4, -0.2) is 6.41 Å². The zero-order valence-corrected chi connectivity index (χ0v) is 57.3. The zero-order chi connectivity index (χ0) is 54.7. The molecule has 8 aliphatic carbocycles. The zero-order valence-electron chi connectivity index (χ0n) is 50.9. The number of hydrogen-bond acceptors (Lipinski definition) is 0. The summed E-state index contributed by atoms with van der Waals surface area (Å²) in [7, 11) is 0. The van der Waals surface area contributed by atoms with Gasteiger partial charge in [-0.05, 0) is 119 Å². The van der Waals surface area contributed by atoms with Gasteiger partial charge in [-0.2, -0.15) is 35.5 Å². The predicted octanol–water partition coefficient (Wildman–Crippen LogP) is 10.5. The summed E-state index contributed by atoms with van der Waals surface area (Å²) >= 11 is 3.38. The first-order valence-corrected chi connectivity index (χ1v) is 31.1. The fourth-order valence-corrected chi connectivity index (χ4v) is 14.7. The molecular weight excluding hydrogens is 1120 g/mol. The van der Waals surface area contributed by atoms with Gasteiger partial charge in [-0.1, -0.05) is 189 Å². The van der Waals surface area contributed by atoms with Gasteiger partial charge >= 0.3 is 119 Å². The predicted molar refractivity (Wildman–Crippen MR) is 317 cm³/mol. The van der Waals surface area contributed by atoms with Crippen molar-refractivity contribution in [3.05, 3.63) is 161 Å². The molecule has 0 heterocycles. The number of benzene rings is 2. The van der Waals surface area contributed by atoms with E-state index in [1.807, 2.05) is 0 Å². The van der Waals surface area contributed by atoms with Crippen LogP contribution < -0.4 is 45.7 Å². The Labute approximate surface area is 506 Å². The molecule has 0 aliphatic heterocycles. The number of halogens is 2. The summed E-state index contributed by atoms with van der Waals surface area (Å²) in [5.74, 6) is 0.916. The molecule has 2 saturated carbocycles. The normalized spacial score (nSPS) is 24.8. The van der Waals surface area contributed by atoms with E-state index in [4.69, 9.17) is 0 Å². The van der Waals surface area contributed by atoms with Crippen LogP contribution >= 0.6 is 0 Å². The summed E-state index contributed by atoms with van der Waals surface area (Å²) in [6.45, 7) is 46.5. The van der Waals surface area contributed by atoms with Crippen LogP contribution in [-0.2, 0) is 59.3 Å². The maximum atomic E-state index is 4.07. The molecule has 408 valence electrons. The minimum absolute atomic E-state index is 0. The summed E-state index contributed by atoms with van der Waals surface area (Å²) < 4.78 is 3.61. The summed E-state index contributed by atoms with van der Waals surface area (Å²) in [5.41, 5.74) is 19.9. The van der Waals surface area contributed by atoms with E-state index in [1.54, 1.807) is 54.9 Å². The first kappa shape index (κ1) is 64.7. The fraction of sp³-hybridized carbons (Fsp3) is 0.528. The molecular formula is C72H94Cl2Zr2-4. The van der Waals surface area contributed by atoms with E-state index in [0.29, 0.717) is 11.8 Å². The van der Waals surface area contributed by atoms with Gasteiger partial charge in [0.15, 0.2) is 0 Å². The average molecular weight is 1210 g/mol.